The fourth-order valence-corrected chi connectivity index (χ4v) is 3.62. The standard InChI is InChI=1S/C23H20F2N4O3/c1-29-23(26-27-28-29)18(11-10-15-12-14(30)13-21(31)32-15)22(16-6-2-4-8-19(16)24)17-7-3-5-9-20(17)25/h2-11,14-15,30H,12-13H2,1H3/t14-,15-/m0/s1. The molecule has 9 heteroatoms. The average Bonchev–Trinajstić information content (AvgIpc) is 3.18. The molecule has 1 fully saturated rings. The molecule has 0 saturated carbocycles. The zero-order valence-electron chi connectivity index (χ0n) is 17.2. The molecule has 7 nitrogen and oxygen atoms in total. The summed E-state index contributed by atoms with van der Waals surface area (Å²) in [6.07, 6.45) is 1.73. The molecule has 2 aromatic carbocycles. The number of halogens is 2. The lowest BCUT2D eigenvalue weighted by Crippen LogP contribution is -2.31. The number of aromatic nitrogens is 4. The molecule has 1 aliphatic rings. The van der Waals surface area contributed by atoms with E-state index in [4.69, 9.17) is 4.74 Å². The number of cyclic esters (lactones) is 1. The third-order valence-electron chi connectivity index (χ3n) is 5.08. The summed E-state index contributed by atoms with van der Waals surface area (Å²) in [6, 6.07) is 12.0. The minimum absolute atomic E-state index is 0.0735. The van der Waals surface area contributed by atoms with Crippen LogP contribution < -0.4 is 0 Å². The lowest BCUT2D eigenvalue weighted by Gasteiger charge is -2.23. The van der Waals surface area contributed by atoms with E-state index in [2.05, 4.69) is 15.5 Å². The van der Waals surface area contributed by atoms with Crippen molar-refractivity contribution in [2.24, 2.45) is 7.05 Å². The highest BCUT2D eigenvalue weighted by molar-refractivity contribution is 6.01. The van der Waals surface area contributed by atoms with Crippen LogP contribution in [0.25, 0.3) is 11.1 Å². The molecular formula is C23H20F2N4O3. The predicted octanol–water partition coefficient (Wildman–Crippen LogP) is 3.07. The lowest BCUT2D eigenvalue weighted by molar-refractivity contribution is -0.156. The Hall–Kier alpha value is -3.72. The number of nitrogens with zero attached hydrogens (tertiary/aromatic N) is 4. The second-order valence-electron chi connectivity index (χ2n) is 7.36. The molecular weight excluding hydrogens is 418 g/mol. The van der Waals surface area contributed by atoms with Crippen LogP contribution in [0.2, 0.25) is 0 Å². The van der Waals surface area contributed by atoms with Gasteiger partial charge in [-0.05, 0) is 28.6 Å². The fraction of sp³-hybridized carbons (Fsp3) is 0.217. The number of esters is 1. The molecule has 0 bridgehead atoms. The summed E-state index contributed by atoms with van der Waals surface area (Å²) < 4.78 is 36.5. The molecule has 2 atom stereocenters. The van der Waals surface area contributed by atoms with Crippen molar-refractivity contribution in [1.29, 1.82) is 0 Å². The summed E-state index contributed by atoms with van der Waals surface area (Å²) in [5.74, 6) is -1.37. The van der Waals surface area contributed by atoms with Crippen LogP contribution in [0.3, 0.4) is 0 Å². The monoisotopic (exact) mass is 438 g/mol. The number of rotatable bonds is 5. The number of benzene rings is 2. The summed E-state index contributed by atoms with van der Waals surface area (Å²) in [5, 5.41) is 21.4. The first-order valence-electron chi connectivity index (χ1n) is 9.96. The van der Waals surface area contributed by atoms with Crippen molar-refractivity contribution < 1.29 is 23.4 Å². The summed E-state index contributed by atoms with van der Waals surface area (Å²) in [5.41, 5.74) is 0.865. The van der Waals surface area contributed by atoms with Gasteiger partial charge in [0.2, 0.25) is 0 Å². The van der Waals surface area contributed by atoms with Crippen molar-refractivity contribution in [3.63, 3.8) is 0 Å². The molecule has 0 aliphatic carbocycles. The zero-order chi connectivity index (χ0) is 22.7. The van der Waals surface area contributed by atoms with E-state index in [0.29, 0.717) is 5.57 Å². The van der Waals surface area contributed by atoms with Crippen molar-refractivity contribution in [3.05, 3.63) is 89.3 Å². The number of aryl methyl sites for hydroxylation is 1. The van der Waals surface area contributed by atoms with Crippen LogP contribution in [0.5, 0.6) is 0 Å². The molecule has 0 amide bonds. The number of allylic oxidation sites excluding steroid dienone is 2. The van der Waals surface area contributed by atoms with Crippen molar-refractivity contribution in [1.82, 2.24) is 20.2 Å². The molecule has 0 spiro atoms. The molecule has 0 radical (unpaired) electrons. The van der Waals surface area contributed by atoms with E-state index in [0.717, 1.165) is 0 Å². The van der Waals surface area contributed by atoms with Gasteiger partial charge in [0.25, 0.3) is 0 Å². The maximum Gasteiger partial charge on any atom is 0.309 e. The highest BCUT2D eigenvalue weighted by Crippen LogP contribution is 2.35. The van der Waals surface area contributed by atoms with Crippen molar-refractivity contribution in [3.8, 4) is 0 Å². The van der Waals surface area contributed by atoms with Crippen LogP contribution in [0.15, 0.2) is 60.7 Å². The number of ether oxygens (including phenoxy) is 1. The van der Waals surface area contributed by atoms with Gasteiger partial charge in [-0.15, -0.1) is 5.10 Å². The minimum atomic E-state index is -0.826. The van der Waals surface area contributed by atoms with Crippen LogP contribution in [-0.4, -0.2) is 43.5 Å². The number of carbonyl (C=O) groups excluding carboxylic acids is 1. The molecule has 2 heterocycles. The van der Waals surface area contributed by atoms with Gasteiger partial charge < -0.3 is 9.84 Å². The third kappa shape index (κ3) is 4.47. The highest BCUT2D eigenvalue weighted by atomic mass is 19.1. The van der Waals surface area contributed by atoms with Gasteiger partial charge in [0.15, 0.2) is 5.82 Å². The Bertz CT molecular complexity index is 1160. The summed E-state index contributed by atoms with van der Waals surface area (Å²) in [6.45, 7) is 0. The molecule has 1 aromatic heterocycles. The first kappa shape index (κ1) is 21.5. The first-order valence-corrected chi connectivity index (χ1v) is 9.96. The van der Waals surface area contributed by atoms with Crippen LogP contribution in [0.4, 0.5) is 8.78 Å². The van der Waals surface area contributed by atoms with Gasteiger partial charge in [-0.3, -0.25) is 4.79 Å². The maximum atomic E-state index is 14.9. The Morgan fingerprint density at radius 2 is 1.75 bits per heavy atom. The van der Waals surface area contributed by atoms with Crippen LogP contribution in [0.1, 0.15) is 29.8 Å². The van der Waals surface area contributed by atoms with E-state index in [-0.39, 0.29) is 35.4 Å². The number of tetrazole rings is 1. The predicted molar refractivity (Wildman–Crippen MR) is 112 cm³/mol. The molecule has 1 saturated heterocycles. The number of carbonyl (C=O) groups is 1. The smallest absolute Gasteiger partial charge is 0.309 e. The van der Waals surface area contributed by atoms with Gasteiger partial charge in [0.05, 0.1) is 12.5 Å². The summed E-state index contributed by atoms with van der Waals surface area (Å²) in [7, 11) is 1.61. The van der Waals surface area contributed by atoms with Crippen molar-refractivity contribution in [2.75, 3.05) is 0 Å². The van der Waals surface area contributed by atoms with Gasteiger partial charge in [-0.2, -0.15) is 0 Å². The summed E-state index contributed by atoms with van der Waals surface area (Å²) >= 11 is 0. The molecule has 1 N–H and O–H groups in total. The van der Waals surface area contributed by atoms with E-state index < -0.39 is 29.8 Å². The minimum Gasteiger partial charge on any atom is -0.458 e. The van der Waals surface area contributed by atoms with Gasteiger partial charge in [-0.25, -0.2) is 13.5 Å². The van der Waals surface area contributed by atoms with Gasteiger partial charge in [-0.1, -0.05) is 42.5 Å². The number of hydrogen-bond donors (Lipinski definition) is 1. The lowest BCUT2D eigenvalue weighted by atomic mass is 9.91. The average molecular weight is 438 g/mol. The zero-order valence-corrected chi connectivity index (χ0v) is 17.2. The topological polar surface area (TPSA) is 90.1 Å². The molecule has 164 valence electrons. The molecule has 3 aromatic rings. The van der Waals surface area contributed by atoms with E-state index in [9.17, 15) is 18.7 Å². The maximum absolute atomic E-state index is 14.9. The fourth-order valence-electron chi connectivity index (χ4n) is 3.62. The van der Waals surface area contributed by atoms with Gasteiger partial charge in [0, 0.05) is 35.7 Å². The van der Waals surface area contributed by atoms with Crippen LogP contribution in [-0.2, 0) is 16.6 Å². The molecule has 1 aliphatic heterocycles. The number of aliphatic hydroxyl groups is 1. The van der Waals surface area contributed by atoms with E-state index in [1.807, 2.05) is 0 Å². The second-order valence-corrected chi connectivity index (χ2v) is 7.36. The molecule has 0 unspecified atom stereocenters. The Kier molecular flexibility index (Phi) is 6.18. The largest absolute Gasteiger partial charge is 0.458 e. The third-order valence-corrected chi connectivity index (χ3v) is 5.08. The Morgan fingerprint density at radius 1 is 1.12 bits per heavy atom. The number of hydrogen-bond acceptors (Lipinski definition) is 6. The van der Waals surface area contributed by atoms with Gasteiger partial charge in [0.1, 0.15) is 17.7 Å². The SMILES string of the molecule is Cn1nnnc1C(C=C[C@H]1C[C@H](O)CC(=O)O1)=C(c1ccccc1F)c1ccccc1F. The Labute approximate surface area is 182 Å². The van der Waals surface area contributed by atoms with Gasteiger partial charge >= 0.3 is 5.97 Å². The van der Waals surface area contributed by atoms with Crippen molar-refractivity contribution >= 4 is 17.1 Å². The summed E-state index contributed by atoms with van der Waals surface area (Å²) in [4.78, 5) is 11.7. The Balaban J connectivity index is 1.96. The highest BCUT2D eigenvalue weighted by Gasteiger charge is 2.26. The number of aliphatic hydroxyl groups excluding tert-OH is 1. The molecule has 32 heavy (non-hydrogen) atoms. The quantitative estimate of drug-likeness (QED) is 0.487. The molecule has 4 rings (SSSR count). The van der Waals surface area contributed by atoms with Crippen molar-refractivity contribution in [2.45, 2.75) is 25.0 Å². The Morgan fingerprint density at radius 3 is 2.28 bits per heavy atom. The van der Waals surface area contributed by atoms with Crippen LogP contribution in [0, 0.1) is 11.6 Å². The van der Waals surface area contributed by atoms with E-state index in [1.165, 1.54) is 16.8 Å². The van der Waals surface area contributed by atoms with E-state index in [1.54, 1.807) is 55.6 Å². The normalized spacial score (nSPS) is 18.6. The van der Waals surface area contributed by atoms with Crippen LogP contribution >= 0.6 is 0 Å². The van der Waals surface area contributed by atoms with E-state index >= 15 is 0 Å². The first-order chi connectivity index (χ1) is 15.4. The second kappa shape index (κ2) is 9.19.